The first-order valence-electron chi connectivity index (χ1n) is 7.44. The largest absolute Gasteiger partial charge is 0.493 e. The second kappa shape index (κ2) is 6.34. The molecule has 0 bridgehead atoms. The summed E-state index contributed by atoms with van der Waals surface area (Å²) in [5, 5.41) is 0.902. The first-order valence-corrected chi connectivity index (χ1v) is 7.44. The molecule has 1 aromatic heterocycles. The molecule has 1 aliphatic rings. The van der Waals surface area contributed by atoms with Crippen molar-refractivity contribution in [1.29, 1.82) is 0 Å². The van der Waals surface area contributed by atoms with Gasteiger partial charge in [0.25, 0.3) is 0 Å². The summed E-state index contributed by atoms with van der Waals surface area (Å²) in [4.78, 5) is 10.9. The molecule has 0 saturated carbocycles. The lowest BCUT2D eigenvalue weighted by Crippen LogP contribution is -2.36. The predicted octanol–water partition coefficient (Wildman–Crippen LogP) is 2.83. The summed E-state index contributed by atoms with van der Waals surface area (Å²) in [6.45, 7) is 1.30. The van der Waals surface area contributed by atoms with Gasteiger partial charge in [0.05, 0.1) is 26.4 Å². The average Bonchev–Trinajstić information content (AvgIpc) is 2.59. The van der Waals surface area contributed by atoms with Gasteiger partial charge in [0.15, 0.2) is 11.5 Å². The lowest BCUT2D eigenvalue weighted by Gasteiger charge is -2.32. The van der Waals surface area contributed by atoms with Crippen LogP contribution in [0.1, 0.15) is 12.8 Å². The van der Waals surface area contributed by atoms with Gasteiger partial charge in [0.1, 0.15) is 12.1 Å². The maximum atomic E-state index is 13.0. The Morgan fingerprint density at radius 3 is 2.73 bits per heavy atom. The molecule has 5 nitrogen and oxygen atoms in total. The standard InChI is InChI=1S/C16H20FN3O2/c1-21-14-6-12-13(7-15(14)22-2)18-10-19-16(12)20-5-3-4-11(8-17)9-20/h6-7,10-11H,3-5,8-9H2,1-2H3. The zero-order chi connectivity index (χ0) is 15.5. The van der Waals surface area contributed by atoms with E-state index in [2.05, 4.69) is 14.9 Å². The van der Waals surface area contributed by atoms with Crippen molar-refractivity contribution in [3.63, 3.8) is 0 Å². The van der Waals surface area contributed by atoms with Crippen LogP contribution in [0.5, 0.6) is 11.5 Å². The number of rotatable bonds is 4. The third-order valence-electron chi connectivity index (χ3n) is 4.16. The molecule has 22 heavy (non-hydrogen) atoms. The Kier molecular flexibility index (Phi) is 4.27. The number of hydrogen-bond acceptors (Lipinski definition) is 5. The van der Waals surface area contributed by atoms with Crippen LogP contribution in [0, 0.1) is 5.92 Å². The van der Waals surface area contributed by atoms with E-state index in [-0.39, 0.29) is 12.6 Å². The molecule has 1 fully saturated rings. The molecule has 0 aliphatic carbocycles. The minimum Gasteiger partial charge on any atom is -0.493 e. The van der Waals surface area contributed by atoms with E-state index >= 15 is 0 Å². The number of benzene rings is 1. The number of aromatic nitrogens is 2. The van der Waals surface area contributed by atoms with E-state index in [4.69, 9.17) is 9.47 Å². The Labute approximate surface area is 129 Å². The van der Waals surface area contributed by atoms with Gasteiger partial charge in [-0.1, -0.05) is 0 Å². The summed E-state index contributed by atoms with van der Waals surface area (Å²) >= 11 is 0. The fourth-order valence-corrected chi connectivity index (χ4v) is 3.00. The van der Waals surface area contributed by atoms with Crippen LogP contribution in [0.15, 0.2) is 18.5 Å². The van der Waals surface area contributed by atoms with Crippen molar-refractivity contribution < 1.29 is 13.9 Å². The Bertz CT molecular complexity index is 665. The highest BCUT2D eigenvalue weighted by atomic mass is 19.1. The topological polar surface area (TPSA) is 47.5 Å². The van der Waals surface area contributed by atoms with E-state index in [1.54, 1.807) is 20.5 Å². The van der Waals surface area contributed by atoms with Gasteiger partial charge in [-0.15, -0.1) is 0 Å². The third-order valence-corrected chi connectivity index (χ3v) is 4.16. The van der Waals surface area contributed by atoms with Crippen molar-refractivity contribution in [3.05, 3.63) is 18.5 Å². The highest BCUT2D eigenvalue weighted by Crippen LogP contribution is 2.35. The quantitative estimate of drug-likeness (QED) is 0.869. The number of halogens is 1. The number of piperidine rings is 1. The number of anilines is 1. The maximum absolute atomic E-state index is 13.0. The molecule has 1 saturated heterocycles. The zero-order valence-corrected chi connectivity index (χ0v) is 12.9. The van der Waals surface area contributed by atoms with Crippen LogP contribution in [0.25, 0.3) is 10.9 Å². The lowest BCUT2D eigenvalue weighted by molar-refractivity contribution is 0.315. The van der Waals surface area contributed by atoms with Gasteiger partial charge >= 0.3 is 0 Å². The number of hydrogen-bond donors (Lipinski definition) is 0. The molecule has 3 rings (SSSR count). The van der Waals surface area contributed by atoms with E-state index in [1.807, 2.05) is 12.1 Å². The van der Waals surface area contributed by atoms with Crippen molar-refractivity contribution in [2.45, 2.75) is 12.8 Å². The average molecular weight is 305 g/mol. The first kappa shape index (κ1) is 14.8. The number of nitrogens with zero attached hydrogens (tertiary/aromatic N) is 3. The van der Waals surface area contributed by atoms with E-state index in [9.17, 15) is 4.39 Å². The molecule has 0 amide bonds. The minimum atomic E-state index is -0.281. The van der Waals surface area contributed by atoms with E-state index in [0.717, 1.165) is 36.1 Å². The molecular formula is C16H20FN3O2. The molecule has 6 heteroatoms. The minimum absolute atomic E-state index is 0.0823. The molecule has 0 radical (unpaired) electrons. The smallest absolute Gasteiger partial charge is 0.162 e. The van der Waals surface area contributed by atoms with E-state index < -0.39 is 0 Å². The van der Waals surface area contributed by atoms with Crippen molar-refractivity contribution in [1.82, 2.24) is 9.97 Å². The van der Waals surface area contributed by atoms with E-state index in [0.29, 0.717) is 18.0 Å². The van der Waals surface area contributed by atoms with E-state index in [1.165, 1.54) is 0 Å². The number of alkyl halides is 1. The summed E-state index contributed by atoms with van der Waals surface area (Å²) < 4.78 is 23.7. The summed E-state index contributed by atoms with van der Waals surface area (Å²) in [5.41, 5.74) is 0.796. The molecule has 1 aliphatic heterocycles. The Morgan fingerprint density at radius 2 is 2.00 bits per heavy atom. The molecule has 2 heterocycles. The van der Waals surface area contributed by atoms with Gasteiger partial charge in [-0.05, 0) is 18.9 Å². The van der Waals surface area contributed by atoms with Gasteiger partial charge in [-0.3, -0.25) is 4.39 Å². The van der Waals surface area contributed by atoms with Crippen LogP contribution >= 0.6 is 0 Å². The van der Waals surface area contributed by atoms with Crippen LogP contribution in [0.2, 0.25) is 0 Å². The van der Waals surface area contributed by atoms with Crippen LogP contribution in [0.3, 0.4) is 0 Å². The normalized spacial score (nSPS) is 18.5. The maximum Gasteiger partial charge on any atom is 0.162 e. The van der Waals surface area contributed by atoms with Crippen LogP contribution in [-0.2, 0) is 0 Å². The van der Waals surface area contributed by atoms with Gasteiger partial charge in [0.2, 0.25) is 0 Å². The van der Waals surface area contributed by atoms with Crippen LogP contribution in [-0.4, -0.2) is 44.0 Å². The molecule has 1 atom stereocenters. The van der Waals surface area contributed by atoms with Crippen LogP contribution in [0.4, 0.5) is 10.2 Å². The summed E-state index contributed by atoms with van der Waals surface area (Å²) in [6.07, 6.45) is 3.46. The molecule has 118 valence electrons. The fourth-order valence-electron chi connectivity index (χ4n) is 3.00. The van der Waals surface area contributed by atoms with Crippen molar-refractivity contribution in [3.8, 4) is 11.5 Å². The lowest BCUT2D eigenvalue weighted by atomic mass is 9.99. The number of methoxy groups -OCH3 is 2. The van der Waals surface area contributed by atoms with Crippen molar-refractivity contribution in [2.24, 2.45) is 5.92 Å². The van der Waals surface area contributed by atoms with Crippen molar-refractivity contribution >= 4 is 16.7 Å². The first-order chi connectivity index (χ1) is 10.8. The van der Waals surface area contributed by atoms with Gasteiger partial charge < -0.3 is 14.4 Å². The fraction of sp³-hybridized carbons (Fsp3) is 0.500. The Hall–Kier alpha value is -2.11. The summed E-state index contributed by atoms with van der Waals surface area (Å²) in [7, 11) is 3.20. The van der Waals surface area contributed by atoms with Crippen molar-refractivity contribution in [2.75, 3.05) is 38.9 Å². The number of ether oxygens (including phenoxy) is 2. The SMILES string of the molecule is COc1cc2ncnc(N3CCCC(CF)C3)c2cc1OC. The second-order valence-corrected chi connectivity index (χ2v) is 5.53. The third kappa shape index (κ3) is 2.65. The molecule has 0 spiro atoms. The molecular weight excluding hydrogens is 285 g/mol. The monoisotopic (exact) mass is 305 g/mol. The zero-order valence-electron chi connectivity index (χ0n) is 12.9. The highest BCUT2D eigenvalue weighted by Gasteiger charge is 2.23. The molecule has 1 aromatic carbocycles. The number of fused-ring (bicyclic) bond motifs is 1. The van der Waals surface area contributed by atoms with Gasteiger partial charge in [-0.25, -0.2) is 9.97 Å². The van der Waals surface area contributed by atoms with Crippen LogP contribution < -0.4 is 14.4 Å². The molecule has 1 unspecified atom stereocenters. The Balaban J connectivity index is 2.05. The van der Waals surface area contributed by atoms with Gasteiger partial charge in [0, 0.05) is 30.5 Å². The summed E-state index contributed by atoms with van der Waals surface area (Å²) in [5.74, 6) is 2.20. The van der Waals surface area contributed by atoms with Gasteiger partial charge in [-0.2, -0.15) is 0 Å². The molecule has 0 N–H and O–H groups in total. The summed E-state index contributed by atoms with van der Waals surface area (Å²) in [6, 6.07) is 3.73. The second-order valence-electron chi connectivity index (χ2n) is 5.53. The predicted molar refractivity (Wildman–Crippen MR) is 83.6 cm³/mol. The highest BCUT2D eigenvalue weighted by molar-refractivity contribution is 5.92. The molecule has 2 aromatic rings. The Morgan fingerprint density at radius 1 is 1.23 bits per heavy atom.